The van der Waals surface area contributed by atoms with Crippen LogP contribution in [0.2, 0.25) is 4.34 Å². The molecule has 1 heterocycles. The number of hydrogen-bond donors (Lipinski definition) is 0. The van der Waals surface area contributed by atoms with Crippen LogP contribution in [-0.4, -0.2) is 5.38 Å². The van der Waals surface area contributed by atoms with E-state index in [1.54, 1.807) is 11.3 Å². The van der Waals surface area contributed by atoms with Crippen LogP contribution in [0.4, 0.5) is 0 Å². The van der Waals surface area contributed by atoms with Crippen molar-refractivity contribution in [2.75, 3.05) is 0 Å². The van der Waals surface area contributed by atoms with Crippen LogP contribution in [0.25, 0.3) is 0 Å². The average molecular weight is 249 g/mol. The second-order valence-corrected chi connectivity index (χ2v) is 6.31. The van der Waals surface area contributed by atoms with Gasteiger partial charge in [0.2, 0.25) is 0 Å². The van der Waals surface area contributed by atoms with Gasteiger partial charge in [-0.2, -0.15) is 0 Å². The van der Waals surface area contributed by atoms with Gasteiger partial charge in [0, 0.05) is 10.3 Å². The summed E-state index contributed by atoms with van der Waals surface area (Å²) in [6.45, 7) is 0. The Balaban J connectivity index is 1.67. The predicted octanol–water partition coefficient (Wildman–Crippen LogP) is 4.74. The summed E-state index contributed by atoms with van der Waals surface area (Å²) in [6, 6.07) is 4.09. The Morgan fingerprint density at radius 3 is 2.79 bits per heavy atom. The van der Waals surface area contributed by atoms with Gasteiger partial charge in [-0.3, -0.25) is 0 Å². The van der Waals surface area contributed by atoms with Crippen LogP contribution >= 0.6 is 34.5 Å². The van der Waals surface area contributed by atoms with Crippen LogP contribution in [0, 0.1) is 5.92 Å². The Hall–Kier alpha value is 0.280. The number of halogens is 2. The lowest BCUT2D eigenvalue weighted by molar-refractivity contribution is 0.640. The molecule has 0 bridgehead atoms. The highest BCUT2D eigenvalue weighted by molar-refractivity contribution is 7.16. The van der Waals surface area contributed by atoms with E-state index in [9.17, 15) is 0 Å². The maximum atomic E-state index is 6.23. The van der Waals surface area contributed by atoms with E-state index in [0.717, 1.165) is 23.1 Å². The molecule has 1 saturated carbocycles. The minimum absolute atomic E-state index is 0.422. The maximum absolute atomic E-state index is 6.23. The Bertz CT molecular complexity index is 291. The van der Waals surface area contributed by atoms with Gasteiger partial charge in [0.15, 0.2) is 0 Å². The molecule has 0 aliphatic heterocycles. The van der Waals surface area contributed by atoms with Crippen molar-refractivity contribution in [2.24, 2.45) is 5.92 Å². The first-order valence-corrected chi connectivity index (χ1v) is 6.77. The van der Waals surface area contributed by atoms with Crippen molar-refractivity contribution in [1.82, 2.24) is 0 Å². The molecule has 0 amide bonds. The first kappa shape index (κ1) is 10.8. The fraction of sp³-hybridized carbons (Fsp3) is 0.636. The molecule has 0 saturated heterocycles. The normalized spacial score (nSPS) is 18.4. The second kappa shape index (κ2) is 4.87. The number of aryl methyl sites for hydroxylation is 1. The summed E-state index contributed by atoms with van der Waals surface area (Å²) in [6.07, 6.45) is 6.18. The molecule has 78 valence electrons. The Morgan fingerprint density at radius 2 is 2.21 bits per heavy atom. The van der Waals surface area contributed by atoms with Crippen molar-refractivity contribution in [1.29, 1.82) is 0 Å². The number of alkyl halides is 1. The third-order valence-electron chi connectivity index (χ3n) is 2.67. The van der Waals surface area contributed by atoms with E-state index in [-0.39, 0.29) is 0 Å². The fourth-order valence-electron chi connectivity index (χ4n) is 1.65. The molecular formula is C11H14Cl2S. The van der Waals surface area contributed by atoms with Gasteiger partial charge in [-0.15, -0.1) is 22.9 Å². The second-order valence-electron chi connectivity index (χ2n) is 3.95. The average Bonchev–Trinajstić information content (AvgIpc) is 2.92. The maximum Gasteiger partial charge on any atom is 0.0931 e. The Morgan fingerprint density at radius 1 is 1.43 bits per heavy atom. The first-order chi connectivity index (χ1) is 6.75. The van der Waals surface area contributed by atoms with E-state index in [1.165, 1.54) is 24.1 Å². The van der Waals surface area contributed by atoms with Crippen molar-refractivity contribution in [3.8, 4) is 0 Å². The number of hydrogen-bond acceptors (Lipinski definition) is 1. The minimum atomic E-state index is 0.422. The van der Waals surface area contributed by atoms with Gasteiger partial charge < -0.3 is 0 Å². The van der Waals surface area contributed by atoms with Crippen LogP contribution in [0.1, 0.15) is 30.6 Å². The van der Waals surface area contributed by atoms with Crippen molar-refractivity contribution < 1.29 is 0 Å². The molecule has 1 fully saturated rings. The predicted molar refractivity (Wildman–Crippen MR) is 64.6 cm³/mol. The summed E-state index contributed by atoms with van der Waals surface area (Å²) in [5.74, 6) is 0.823. The lowest BCUT2D eigenvalue weighted by atomic mass is 10.1. The van der Waals surface area contributed by atoms with Crippen LogP contribution in [0.3, 0.4) is 0 Å². The third-order valence-corrected chi connectivity index (χ3v) is 4.53. The summed E-state index contributed by atoms with van der Waals surface area (Å²) in [5, 5.41) is 0.422. The third kappa shape index (κ3) is 3.15. The SMILES string of the molecule is Clc1ccc(CCCC(Cl)C2CC2)s1. The monoisotopic (exact) mass is 248 g/mol. The highest BCUT2D eigenvalue weighted by Gasteiger charge is 2.28. The van der Waals surface area contributed by atoms with Crippen LogP contribution in [0.5, 0.6) is 0 Å². The van der Waals surface area contributed by atoms with E-state index < -0.39 is 0 Å². The smallest absolute Gasteiger partial charge is 0.0931 e. The summed E-state index contributed by atoms with van der Waals surface area (Å²) in [4.78, 5) is 1.38. The van der Waals surface area contributed by atoms with Gasteiger partial charge in [0.25, 0.3) is 0 Å². The van der Waals surface area contributed by atoms with Gasteiger partial charge in [-0.25, -0.2) is 0 Å². The summed E-state index contributed by atoms with van der Waals surface area (Å²) in [7, 11) is 0. The molecule has 0 N–H and O–H groups in total. The summed E-state index contributed by atoms with van der Waals surface area (Å²) >= 11 is 13.8. The molecule has 1 atom stereocenters. The van der Waals surface area contributed by atoms with E-state index in [1.807, 2.05) is 6.07 Å². The van der Waals surface area contributed by atoms with Crippen molar-refractivity contribution in [3.63, 3.8) is 0 Å². The molecular weight excluding hydrogens is 235 g/mol. The van der Waals surface area contributed by atoms with Crippen LogP contribution in [-0.2, 0) is 6.42 Å². The molecule has 0 aromatic carbocycles. The molecule has 14 heavy (non-hydrogen) atoms. The van der Waals surface area contributed by atoms with Gasteiger partial charge in [-0.1, -0.05) is 11.6 Å². The van der Waals surface area contributed by atoms with Crippen LogP contribution in [0.15, 0.2) is 12.1 Å². The zero-order valence-electron chi connectivity index (χ0n) is 8.01. The van der Waals surface area contributed by atoms with Gasteiger partial charge >= 0.3 is 0 Å². The fourth-order valence-corrected chi connectivity index (χ4v) is 3.19. The van der Waals surface area contributed by atoms with Gasteiger partial charge in [-0.05, 0) is 50.2 Å². The quantitative estimate of drug-likeness (QED) is 0.661. The minimum Gasteiger partial charge on any atom is -0.128 e. The molecule has 0 nitrogen and oxygen atoms in total. The Kier molecular flexibility index (Phi) is 3.75. The highest BCUT2D eigenvalue weighted by atomic mass is 35.5. The van der Waals surface area contributed by atoms with Crippen molar-refractivity contribution >= 4 is 34.5 Å². The molecule has 1 aliphatic carbocycles. The lowest BCUT2D eigenvalue weighted by Gasteiger charge is -2.05. The number of rotatable bonds is 5. The lowest BCUT2D eigenvalue weighted by Crippen LogP contribution is -2.01. The van der Waals surface area contributed by atoms with Gasteiger partial charge in [0.05, 0.1) is 4.34 Å². The van der Waals surface area contributed by atoms with Crippen LogP contribution < -0.4 is 0 Å². The molecule has 3 heteroatoms. The Labute approximate surface area is 99.2 Å². The molecule has 1 unspecified atom stereocenters. The van der Waals surface area contributed by atoms with Crippen molar-refractivity contribution in [3.05, 3.63) is 21.3 Å². The molecule has 1 aromatic heterocycles. The zero-order chi connectivity index (χ0) is 9.97. The van der Waals surface area contributed by atoms with Gasteiger partial charge in [0.1, 0.15) is 0 Å². The standard InChI is InChI=1S/C11H14Cl2S/c12-10(8-4-5-8)3-1-2-9-6-7-11(13)14-9/h6-8,10H,1-5H2. The molecule has 1 aliphatic rings. The first-order valence-electron chi connectivity index (χ1n) is 5.14. The largest absolute Gasteiger partial charge is 0.128 e. The van der Waals surface area contributed by atoms with E-state index in [0.29, 0.717) is 5.38 Å². The number of thiophene rings is 1. The topological polar surface area (TPSA) is 0 Å². The zero-order valence-corrected chi connectivity index (χ0v) is 10.3. The molecule has 0 spiro atoms. The molecule has 1 aromatic rings. The molecule has 0 radical (unpaired) electrons. The summed E-state index contributed by atoms with van der Waals surface area (Å²) in [5.41, 5.74) is 0. The van der Waals surface area contributed by atoms with Crippen molar-refractivity contribution in [2.45, 2.75) is 37.5 Å². The highest BCUT2D eigenvalue weighted by Crippen LogP contribution is 2.38. The molecule has 2 rings (SSSR count). The van der Waals surface area contributed by atoms with E-state index in [2.05, 4.69) is 6.07 Å². The van der Waals surface area contributed by atoms with E-state index >= 15 is 0 Å². The summed E-state index contributed by atoms with van der Waals surface area (Å²) < 4.78 is 0.893. The van der Waals surface area contributed by atoms with E-state index in [4.69, 9.17) is 23.2 Å².